The van der Waals surface area contributed by atoms with Gasteiger partial charge in [-0.05, 0) is 31.2 Å². The second kappa shape index (κ2) is 6.87. The third-order valence-corrected chi connectivity index (χ3v) is 4.34. The van der Waals surface area contributed by atoms with Crippen LogP contribution >= 0.6 is 11.3 Å². The van der Waals surface area contributed by atoms with Gasteiger partial charge in [-0.25, -0.2) is 4.98 Å². The number of rotatable bonds is 6. The lowest BCUT2D eigenvalue weighted by Crippen LogP contribution is -2.39. The Labute approximate surface area is 128 Å². The SMILES string of the molecule is Cc1oc(-c2cccs2)nc1CC(=O)NC(C)C(C)CO. The molecule has 2 aromatic heterocycles. The first-order valence-electron chi connectivity index (χ1n) is 6.91. The van der Waals surface area contributed by atoms with Crippen LogP contribution in [-0.4, -0.2) is 28.6 Å². The number of carbonyl (C=O) groups excluding carboxylic acids is 1. The van der Waals surface area contributed by atoms with E-state index in [1.165, 1.54) is 0 Å². The van der Waals surface area contributed by atoms with Gasteiger partial charge in [0.15, 0.2) is 0 Å². The molecule has 2 aromatic rings. The number of hydrogen-bond donors (Lipinski definition) is 2. The number of nitrogens with zero attached hydrogens (tertiary/aromatic N) is 1. The smallest absolute Gasteiger partial charge is 0.236 e. The van der Waals surface area contributed by atoms with E-state index in [1.807, 2.05) is 38.3 Å². The first-order valence-corrected chi connectivity index (χ1v) is 7.79. The lowest BCUT2D eigenvalue weighted by Gasteiger charge is -2.18. The molecule has 0 saturated carbocycles. The maximum Gasteiger partial charge on any atom is 0.236 e. The van der Waals surface area contributed by atoms with E-state index in [2.05, 4.69) is 10.3 Å². The molecule has 0 saturated heterocycles. The molecule has 0 aliphatic heterocycles. The molecule has 0 bridgehead atoms. The number of aromatic nitrogens is 1. The quantitative estimate of drug-likeness (QED) is 0.859. The van der Waals surface area contributed by atoms with Gasteiger partial charge < -0.3 is 14.8 Å². The number of nitrogens with one attached hydrogen (secondary N) is 1. The average Bonchev–Trinajstić information content (AvgIpc) is 3.08. The van der Waals surface area contributed by atoms with E-state index in [-0.39, 0.29) is 30.9 Å². The Morgan fingerprint density at radius 1 is 1.52 bits per heavy atom. The van der Waals surface area contributed by atoms with Gasteiger partial charge in [0, 0.05) is 12.6 Å². The van der Waals surface area contributed by atoms with Crippen LogP contribution < -0.4 is 5.32 Å². The van der Waals surface area contributed by atoms with E-state index >= 15 is 0 Å². The van der Waals surface area contributed by atoms with Crippen LogP contribution in [0.5, 0.6) is 0 Å². The highest BCUT2D eigenvalue weighted by Crippen LogP contribution is 2.26. The van der Waals surface area contributed by atoms with Crippen molar-refractivity contribution in [2.45, 2.75) is 33.2 Å². The minimum absolute atomic E-state index is 0.0223. The van der Waals surface area contributed by atoms with Crippen molar-refractivity contribution in [1.29, 1.82) is 0 Å². The monoisotopic (exact) mass is 308 g/mol. The Morgan fingerprint density at radius 2 is 2.29 bits per heavy atom. The summed E-state index contributed by atoms with van der Waals surface area (Å²) in [5.74, 6) is 1.13. The number of carbonyl (C=O) groups is 1. The molecule has 21 heavy (non-hydrogen) atoms. The lowest BCUT2D eigenvalue weighted by molar-refractivity contribution is -0.121. The Balaban J connectivity index is 2.01. The number of aliphatic hydroxyl groups is 1. The number of aryl methyl sites for hydroxylation is 1. The molecule has 1 amide bonds. The molecule has 2 atom stereocenters. The minimum Gasteiger partial charge on any atom is -0.440 e. The summed E-state index contributed by atoms with van der Waals surface area (Å²) >= 11 is 1.55. The van der Waals surface area contributed by atoms with Gasteiger partial charge in [0.25, 0.3) is 0 Å². The molecule has 0 fully saturated rings. The molecular weight excluding hydrogens is 288 g/mol. The minimum atomic E-state index is -0.114. The third kappa shape index (κ3) is 3.92. The zero-order chi connectivity index (χ0) is 15.4. The van der Waals surface area contributed by atoms with Gasteiger partial charge in [-0.3, -0.25) is 4.79 Å². The van der Waals surface area contributed by atoms with Gasteiger partial charge in [0.1, 0.15) is 5.76 Å². The van der Waals surface area contributed by atoms with E-state index in [1.54, 1.807) is 11.3 Å². The van der Waals surface area contributed by atoms with Crippen molar-refractivity contribution in [3.63, 3.8) is 0 Å². The summed E-state index contributed by atoms with van der Waals surface area (Å²) in [6, 6.07) is 3.79. The number of hydrogen-bond acceptors (Lipinski definition) is 5. The Bertz CT molecular complexity index is 592. The fourth-order valence-corrected chi connectivity index (χ4v) is 2.50. The molecule has 0 spiro atoms. The maximum absolute atomic E-state index is 12.0. The van der Waals surface area contributed by atoms with Gasteiger partial charge in [0.2, 0.25) is 11.8 Å². The Morgan fingerprint density at radius 3 is 2.90 bits per heavy atom. The molecular formula is C15H20N2O3S. The molecule has 0 aromatic carbocycles. The summed E-state index contributed by atoms with van der Waals surface area (Å²) in [6.45, 7) is 5.63. The molecule has 0 radical (unpaired) electrons. The topological polar surface area (TPSA) is 75.4 Å². The number of oxazole rings is 1. The molecule has 6 heteroatoms. The summed E-state index contributed by atoms with van der Waals surface area (Å²) < 4.78 is 5.61. The van der Waals surface area contributed by atoms with Crippen LogP contribution in [0.25, 0.3) is 10.8 Å². The first-order chi connectivity index (χ1) is 10.0. The predicted molar refractivity (Wildman–Crippen MR) is 82.1 cm³/mol. The highest BCUT2D eigenvalue weighted by molar-refractivity contribution is 7.13. The summed E-state index contributed by atoms with van der Waals surface area (Å²) in [5, 5.41) is 13.9. The van der Waals surface area contributed by atoms with Crippen LogP contribution in [0.4, 0.5) is 0 Å². The maximum atomic E-state index is 12.0. The lowest BCUT2D eigenvalue weighted by atomic mass is 10.1. The standard InChI is InChI=1S/C15H20N2O3S/c1-9(8-18)10(2)16-14(19)7-12-11(3)20-15(17-12)13-5-4-6-21-13/h4-6,9-10,18H,7-8H2,1-3H3,(H,16,19). The molecule has 5 nitrogen and oxygen atoms in total. The van der Waals surface area contributed by atoms with Gasteiger partial charge in [0.05, 0.1) is 17.0 Å². The van der Waals surface area contributed by atoms with E-state index in [9.17, 15) is 4.79 Å². The van der Waals surface area contributed by atoms with Crippen LogP contribution in [0, 0.1) is 12.8 Å². The van der Waals surface area contributed by atoms with Crippen LogP contribution in [0.3, 0.4) is 0 Å². The van der Waals surface area contributed by atoms with E-state index in [0.29, 0.717) is 17.3 Å². The number of amides is 1. The molecule has 114 valence electrons. The van der Waals surface area contributed by atoms with E-state index < -0.39 is 0 Å². The zero-order valence-corrected chi connectivity index (χ0v) is 13.2. The fraction of sp³-hybridized carbons (Fsp3) is 0.467. The second-order valence-corrected chi connectivity index (χ2v) is 6.14. The molecule has 2 heterocycles. The summed E-state index contributed by atoms with van der Waals surface area (Å²) in [4.78, 5) is 17.4. The van der Waals surface area contributed by atoms with Crippen molar-refractivity contribution >= 4 is 17.2 Å². The summed E-state index contributed by atoms with van der Waals surface area (Å²) in [6.07, 6.45) is 0.184. The number of aliphatic hydroxyl groups excluding tert-OH is 1. The largest absolute Gasteiger partial charge is 0.440 e. The fourth-order valence-electron chi connectivity index (χ4n) is 1.86. The molecule has 2 N–H and O–H groups in total. The van der Waals surface area contributed by atoms with Crippen molar-refractivity contribution in [2.24, 2.45) is 5.92 Å². The average molecular weight is 308 g/mol. The highest BCUT2D eigenvalue weighted by Gasteiger charge is 2.18. The van der Waals surface area contributed by atoms with E-state index in [4.69, 9.17) is 9.52 Å². The molecule has 2 unspecified atom stereocenters. The first kappa shape index (κ1) is 15.7. The molecule has 0 aliphatic rings. The third-order valence-electron chi connectivity index (χ3n) is 3.48. The predicted octanol–water partition coefficient (Wildman–Crippen LogP) is 2.39. The number of thiophene rings is 1. The van der Waals surface area contributed by atoms with Gasteiger partial charge >= 0.3 is 0 Å². The zero-order valence-electron chi connectivity index (χ0n) is 12.4. The summed E-state index contributed by atoms with van der Waals surface area (Å²) in [7, 11) is 0. The molecule has 0 aliphatic carbocycles. The van der Waals surface area contributed by atoms with Crippen LogP contribution in [0.15, 0.2) is 21.9 Å². The van der Waals surface area contributed by atoms with Gasteiger partial charge in [-0.2, -0.15) is 0 Å². The van der Waals surface area contributed by atoms with Crippen molar-refractivity contribution in [2.75, 3.05) is 6.61 Å². The van der Waals surface area contributed by atoms with Crippen LogP contribution in [0.2, 0.25) is 0 Å². The van der Waals surface area contributed by atoms with Crippen LogP contribution in [0.1, 0.15) is 25.3 Å². The van der Waals surface area contributed by atoms with Crippen molar-refractivity contribution in [3.8, 4) is 10.8 Å². The second-order valence-electron chi connectivity index (χ2n) is 5.19. The van der Waals surface area contributed by atoms with Crippen LogP contribution in [-0.2, 0) is 11.2 Å². The van der Waals surface area contributed by atoms with Crippen molar-refractivity contribution in [3.05, 3.63) is 29.0 Å². The highest BCUT2D eigenvalue weighted by atomic mass is 32.1. The molecule has 2 rings (SSSR count). The van der Waals surface area contributed by atoms with Gasteiger partial charge in [-0.15, -0.1) is 11.3 Å². The Kier molecular flexibility index (Phi) is 5.14. The summed E-state index contributed by atoms with van der Waals surface area (Å²) in [5.41, 5.74) is 0.653. The van der Waals surface area contributed by atoms with Crippen molar-refractivity contribution in [1.82, 2.24) is 10.3 Å². The Hall–Kier alpha value is -1.66. The van der Waals surface area contributed by atoms with Gasteiger partial charge in [-0.1, -0.05) is 13.0 Å². The van der Waals surface area contributed by atoms with Crippen molar-refractivity contribution < 1.29 is 14.3 Å². The van der Waals surface area contributed by atoms with E-state index in [0.717, 1.165) is 4.88 Å². The normalized spacial score (nSPS) is 13.9.